The maximum absolute atomic E-state index is 12.7. The zero-order valence-corrected chi connectivity index (χ0v) is 16.8. The van der Waals surface area contributed by atoms with Crippen LogP contribution in [-0.2, 0) is 6.54 Å². The van der Waals surface area contributed by atoms with Crippen molar-refractivity contribution in [2.45, 2.75) is 20.4 Å². The topological polar surface area (TPSA) is 63.2 Å². The van der Waals surface area contributed by atoms with Gasteiger partial charge >= 0.3 is 0 Å². The Labute approximate surface area is 169 Å². The number of para-hydroxylation sites is 1. The van der Waals surface area contributed by atoms with Crippen molar-refractivity contribution in [3.05, 3.63) is 82.1 Å². The Balaban J connectivity index is 1.73. The fourth-order valence-electron chi connectivity index (χ4n) is 2.96. The fraction of sp³-hybridized carbons (Fsp3) is 0.182. The van der Waals surface area contributed by atoms with E-state index in [9.17, 15) is 4.79 Å². The summed E-state index contributed by atoms with van der Waals surface area (Å²) in [6.07, 6.45) is 1.60. The van der Waals surface area contributed by atoms with E-state index in [1.807, 2.05) is 56.3 Å². The molecule has 0 spiro atoms. The highest BCUT2D eigenvalue weighted by Crippen LogP contribution is 2.28. The summed E-state index contributed by atoms with van der Waals surface area (Å²) in [7, 11) is 1.64. The van der Waals surface area contributed by atoms with Gasteiger partial charge < -0.3 is 15.4 Å². The summed E-state index contributed by atoms with van der Waals surface area (Å²) in [5.74, 6) is 0.501. The predicted octanol–water partition coefficient (Wildman–Crippen LogP) is 5.22. The molecule has 1 amide bonds. The molecule has 1 aromatic heterocycles. The Bertz CT molecular complexity index is 982. The van der Waals surface area contributed by atoms with E-state index in [1.54, 1.807) is 19.4 Å². The lowest BCUT2D eigenvalue weighted by atomic mass is 10.1. The van der Waals surface area contributed by atoms with Crippen molar-refractivity contribution in [2.24, 2.45) is 0 Å². The molecule has 2 aromatic carbocycles. The molecule has 0 aliphatic rings. The maximum Gasteiger partial charge on any atom is 0.274 e. The normalized spacial score (nSPS) is 10.4. The summed E-state index contributed by atoms with van der Waals surface area (Å²) in [4.78, 5) is 16.8. The summed E-state index contributed by atoms with van der Waals surface area (Å²) in [6.45, 7) is 4.44. The van der Waals surface area contributed by atoms with Gasteiger partial charge in [-0.2, -0.15) is 0 Å². The highest BCUT2D eigenvalue weighted by molar-refractivity contribution is 6.34. The SMILES string of the molecule is COc1ccccc1CNc1ccnc(C(=O)Nc2c(C)cc(C)cc2Cl)c1. The molecule has 0 saturated heterocycles. The van der Waals surface area contributed by atoms with Crippen LogP contribution < -0.4 is 15.4 Å². The molecular weight excluding hydrogens is 374 g/mol. The van der Waals surface area contributed by atoms with E-state index in [2.05, 4.69) is 15.6 Å². The molecule has 2 N–H and O–H groups in total. The quantitative estimate of drug-likeness (QED) is 0.600. The molecule has 144 valence electrons. The van der Waals surface area contributed by atoms with E-state index < -0.39 is 0 Å². The Hall–Kier alpha value is -3.05. The standard InChI is InChI=1S/C22H22ClN3O2/c1-14-10-15(2)21(18(23)11-14)26-22(27)19-12-17(8-9-24-19)25-13-16-6-4-5-7-20(16)28-3/h4-12H,13H2,1-3H3,(H,24,25)(H,26,27). The van der Waals surface area contributed by atoms with Crippen molar-refractivity contribution in [2.75, 3.05) is 17.7 Å². The van der Waals surface area contributed by atoms with Crippen LogP contribution in [0.3, 0.4) is 0 Å². The number of rotatable bonds is 6. The van der Waals surface area contributed by atoms with Gasteiger partial charge in [-0.25, -0.2) is 0 Å². The number of anilines is 2. The number of carbonyl (C=O) groups is 1. The van der Waals surface area contributed by atoms with Crippen molar-refractivity contribution in [3.8, 4) is 5.75 Å². The smallest absolute Gasteiger partial charge is 0.274 e. The van der Waals surface area contributed by atoms with E-state index in [0.29, 0.717) is 22.9 Å². The molecular formula is C22H22ClN3O2. The number of aryl methyl sites for hydroxylation is 2. The molecule has 28 heavy (non-hydrogen) atoms. The molecule has 0 saturated carbocycles. The molecule has 1 heterocycles. The molecule has 3 rings (SSSR count). The van der Waals surface area contributed by atoms with Gasteiger partial charge in [0.1, 0.15) is 11.4 Å². The second kappa shape index (κ2) is 8.76. The largest absolute Gasteiger partial charge is 0.496 e. The molecule has 0 unspecified atom stereocenters. The number of benzene rings is 2. The maximum atomic E-state index is 12.7. The summed E-state index contributed by atoms with van der Waals surface area (Å²) in [5.41, 5.74) is 4.67. The lowest BCUT2D eigenvalue weighted by Gasteiger charge is -2.13. The van der Waals surface area contributed by atoms with Gasteiger partial charge in [-0.3, -0.25) is 9.78 Å². The first-order chi connectivity index (χ1) is 13.5. The number of hydrogen-bond donors (Lipinski definition) is 2. The monoisotopic (exact) mass is 395 g/mol. The van der Waals surface area contributed by atoms with Gasteiger partial charge in [0, 0.05) is 24.0 Å². The third-order valence-electron chi connectivity index (χ3n) is 4.34. The summed E-state index contributed by atoms with van der Waals surface area (Å²) >= 11 is 6.28. The molecule has 6 heteroatoms. The predicted molar refractivity (Wildman–Crippen MR) is 113 cm³/mol. The molecule has 0 bridgehead atoms. The first-order valence-corrected chi connectivity index (χ1v) is 9.25. The molecule has 0 fully saturated rings. The minimum Gasteiger partial charge on any atom is -0.496 e. The van der Waals surface area contributed by atoms with Gasteiger partial charge in [0.2, 0.25) is 0 Å². The molecule has 0 radical (unpaired) electrons. The van der Waals surface area contributed by atoms with Crippen molar-refractivity contribution in [1.82, 2.24) is 4.98 Å². The van der Waals surface area contributed by atoms with Gasteiger partial charge in [0.05, 0.1) is 17.8 Å². The summed E-state index contributed by atoms with van der Waals surface area (Å²) in [6, 6.07) is 15.1. The first kappa shape index (κ1) is 19.7. The average molecular weight is 396 g/mol. The number of nitrogens with one attached hydrogen (secondary N) is 2. The number of hydrogen-bond acceptors (Lipinski definition) is 4. The fourth-order valence-corrected chi connectivity index (χ4v) is 3.33. The minimum atomic E-state index is -0.310. The van der Waals surface area contributed by atoms with Crippen LogP contribution in [0.5, 0.6) is 5.75 Å². The Kier molecular flexibility index (Phi) is 6.16. The molecule has 0 atom stereocenters. The second-order valence-electron chi connectivity index (χ2n) is 6.49. The Morgan fingerprint density at radius 3 is 2.68 bits per heavy atom. The molecule has 0 aliphatic heterocycles. The molecule has 5 nitrogen and oxygen atoms in total. The van der Waals surface area contributed by atoms with Crippen molar-refractivity contribution >= 4 is 28.9 Å². The van der Waals surface area contributed by atoms with E-state index in [4.69, 9.17) is 16.3 Å². The number of aromatic nitrogens is 1. The van der Waals surface area contributed by atoms with Crippen LogP contribution >= 0.6 is 11.6 Å². The van der Waals surface area contributed by atoms with Gasteiger partial charge in [-0.05, 0) is 49.2 Å². The van der Waals surface area contributed by atoms with E-state index in [0.717, 1.165) is 28.1 Å². The van der Waals surface area contributed by atoms with Crippen LogP contribution in [-0.4, -0.2) is 18.0 Å². The van der Waals surface area contributed by atoms with Gasteiger partial charge in [0.15, 0.2) is 0 Å². The third kappa shape index (κ3) is 4.61. The zero-order chi connectivity index (χ0) is 20.1. The Morgan fingerprint density at radius 1 is 1.14 bits per heavy atom. The van der Waals surface area contributed by atoms with Gasteiger partial charge in [-0.1, -0.05) is 35.9 Å². The van der Waals surface area contributed by atoms with Crippen molar-refractivity contribution < 1.29 is 9.53 Å². The van der Waals surface area contributed by atoms with E-state index >= 15 is 0 Å². The minimum absolute atomic E-state index is 0.307. The van der Waals surface area contributed by atoms with Crippen LogP contribution in [0.25, 0.3) is 0 Å². The van der Waals surface area contributed by atoms with E-state index in [1.165, 1.54) is 0 Å². The lowest BCUT2D eigenvalue weighted by molar-refractivity contribution is 0.102. The van der Waals surface area contributed by atoms with Crippen molar-refractivity contribution in [1.29, 1.82) is 0 Å². The summed E-state index contributed by atoms with van der Waals surface area (Å²) in [5, 5.41) is 6.67. The summed E-state index contributed by atoms with van der Waals surface area (Å²) < 4.78 is 5.36. The number of pyridine rings is 1. The van der Waals surface area contributed by atoms with E-state index in [-0.39, 0.29) is 5.91 Å². The van der Waals surface area contributed by atoms with Crippen molar-refractivity contribution in [3.63, 3.8) is 0 Å². The molecule has 3 aromatic rings. The number of halogens is 1. The Morgan fingerprint density at radius 2 is 1.93 bits per heavy atom. The average Bonchev–Trinajstić information content (AvgIpc) is 2.69. The number of ether oxygens (including phenoxy) is 1. The van der Waals surface area contributed by atoms with Crippen LogP contribution in [0, 0.1) is 13.8 Å². The number of carbonyl (C=O) groups excluding carboxylic acids is 1. The highest BCUT2D eigenvalue weighted by Gasteiger charge is 2.13. The first-order valence-electron chi connectivity index (χ1n) is 8.88. The number of amides is 1. The lowest BCUT2D eigenvalue weighted by Crippen LogP contribution is -2.15. The van der Waals surface area contributed by atoms with Crippen LogP contribution in [0.15, 0.2) is 54.7 Å². The van der Waals surface area contributed by atoms with Crippen LogP contribution in [0.2, 0.25) is 5.02 Å². The second-order valence-corrected chi connectivity index (χ2v) is 6.90. The van der Waals surface area contributed by atoms with Gasteiger partial charge in [0.25, 0.3) is 5.91 Å². The number of methoxy groups -OCH3 is 1. The van der Waals surface area contributed by atoms with Crippen LogP contribution in [0.4, 0.5) is 11.4 Å². The highest BCUT2D eigenvalue weighted by atomic mass is 35.5. The third-order valence-corrected chi connectivity index (χ3v) is 4.64. The number of nitrogens with zero attached hydrogens (tertiary/aromatic N) is 1. The zero-order valence-electron chi connectivity index (χ0n) is 16.0. The van der Waals surface area contributed by atoms with Crippen LogP contribution in [0.1, 0.15) is 27.2 Å². The molecule has 0 aliphatic carbocycles. The van der Waals surface area contributed by atoms with Gasteiger partial charge in [-0.15, -0.1) is 0 Å².